The largest absolute Gasteiger partial charge is 0.399 e. The van der Waals surface area contributed by atoms with Gasteiger partial charge in [-0.15, -0.1) is 0 Å². The van der Waals surface area contributed by atoms with Crippen LogP contribution < -0.4 is 10.0 Å². The first-order valence-corrected chi connectivity index (χ1v) is 7.35. The highest BCUT2D eigenvalue weighted by Gasteiger charge is 2.26. The van der Waals surface area contributed by atoms with E-state index in [-0.39, 0.29) is 16.9 Å². The summed E-state index contributed by atoms with van der Waals surface area (Å²) in [6.07, 6.45) is 0. The van der Waals surface area contributed by atoms with Crippen LogP contribution >= 0.6 is 0 Å². The summed E-state index contributed by atoms with van der Waals surface area (Å²) in [7, 11) is -2.86. The number of halogens is 1. The normalized spacial score (nSPS) is 10.9. The summed E-state index contributed by atoms with van der Waals surface area (Å²) in [6, 6.07) is 11.4. The van der Waals surface area contributed by atoms with Crippen molar-refractivity contribution in [3.63, 3.8) is 0 Å². The highest BCUT2D eigenvalue weighted by Crippen LogP contribution is 2.27. The van der Waals surface area contributed by atoms with Gasteiger partial charge in [0.15, 0.2) is 0 Å². The summed E-state index contributed by atoms with van der Waals surface area (Å²) in [5.74, 6) is -0.934. The lowest BCUT2D eigenvalue weighted by Gasteiger charge is -2.20. The summed E-state index contributed by atoms with van der Waals surface area (Å²) in [4.78, 5) is -0.494. The van der Waals surface area contributed by atoms with Gasteiger partial charge in [0.05, 0.1) is 11.3 Å². The first-order chi connectivity index (χ1) is 9.87. The smallest absolute Gasteiger partial charge is 0.267 e. The molecule has 0 bridgehead atoms. The highest BCUT2D eigenvalue weighted by atomic mass is 32.2. The van der Waals surface area contributed by atoms with Crippen LogP contribution in [0.25, 0.3) is 0 Å². The molecular formula is C14H12FN3O2S. The third-order valence-electron chi connectivity index (χ3n) is 2.96. The molecule has 0 aliphatic rings. The Morgan fingerprint density at radius 2 is 1.90 bits per heavy atom. The van der Waals surface area contributed by atoms with Crippen LogP contribution in [0, 0.1) is 17.1 Å². The molecule has 2 aromatic rings. The predicted octanol–water partition coefficient (Wildman–Crippen LogP) is 2.10. The lowest BCUT2D eigenvalue weighted by atomic mass is 10.2. The minimum Gasteiger partial charge on any atom is -0.399 e. The van der Waals surface area contributed by atoms with Gasteiger partial charge in [0.2, 0.25) is 0 Å². The van der Waals surface area contributed by atoms with Crippen LogP contribution in [0.1, 0.15) is 5.56 Å². The van der Waals surface area contributed by atoms with Crippen LogP contribution in [0.15, 0.2) is 47.4 Å². The second-order valence-corrected chi connectivity index (χ2v) is 6.23. The van der Waals surface area contributed by atoms with E-state index < -0.39 is 20.7 Å². The van der Waals surface area contributed by atoms with Crippen LogP contribution in [0.4, 0.5) is 15.8 Å². The molecule has 2 N–H and O–H groups in total. The molecule has 108 valence electrons. The van der Waals surface area contributed by atoms with Crippen LogP contribution in [-0.4, -0.2) is 15.5 Å². The Bertz CT molecular complexity index is 828. The summed E-state index contributed by atoms with van der Waals surface area (Å²) >= 11 is 0. The Morgan fingerprint density at radius 3 is 2.52 bits per heavy atom. The van der Waals surface area contributed by atoms with Crippen molar-refractivity contribution in [2.45, 2.75) is 4.90 Å². The van der Waals surface area contributed by atoms with Gasteiger partial charge in [-0.05, 0) is 30.3 Å². The summed E-state index contributed by atoms with van der Waals surface area (Å²) in [5, 5.41) is 9.03. The van der Waals surface area contributed by atoms with E-state index in [2.05, 4.69) is 0 Å². The number of nitrogens with two attached hydrogens (primary N) is 1. The van der Waals surface area contributed by atoms with E-state index in [9.17, 15) is 12.8 Å². The number of sulfonamides is 1. The summed E-state index contributed by atoms with van der Waals surface area (Å²) < 4.78 is 39.7. The average molecular weight is 305 g/mol. The number of hydrogen-bond donors (Lipinski definition) is 1. The van der Waals surface area contributed by atoms with Crippen molar-refractivity contribution in [2.24, 2.45) is 0 Å². The SMILES string of the molecule is CN(c1ccccc1C#N)S(=O)(=O)c1ccc(N)cc1F. The quantitative estimate of drug-likeness (QED) is 0.880. The Morgan fingerprint density at radius 1 is 1.24 bits per heavy atom. The van der Waals surface area contributed by atoms with Gasteiger partial charge in [-0.1, -0.05) is 12.1 Å². The third kappa shape index (κ3) is 2.66. The van der Waals surface area contributed by atoms with E-state index in [1.807, 2.05) is 6.07 Å². The van der Waals surface area contributed by atoms with E-state index in [1.54, 1.807) is 12.1 Å². The van der Waals surface area contributed by atoms with Gasteiger partial charge in [0, 0.05) is 12.7 Å². The first kappa shape index (κ1) is 14.8. The number of hydrogen-bond acceptors (Lipinski definition) is 4. The fourth-order valence-corrected chi connectivity index (χ4v) is 3.10. The minimum absolute atomic E-state index is 0.131. The monoisotopic (exact) mass is 305 g/mol. The molecule has 0 saturated heterocycles. The van der Waals surface area contributed by atoms with Gasteiger partial charge in [-0.25, -0.2) is 12.8 Å². The maximum atomic E-state index is 13.9. The number of nitriles is 1. The van der Waals surface area contributed by atoms with Gasteiger partial charge < -0.3 is 5.73 Å². The first-order valence-electron chi connectivity index (χ1n) is 5.91. The van der Waals surface area contributed by atoms with Crippen molar-refractivity contribution in [1.29, 1.82) is 5.26 Å². The lowest BCUT2D eigenvalue weighted by Crippen LogP contribution is -2.28. The Hall–Kier alpha value is -2.59. The number of nitrogen functional groups attached to an aromatic ring is 1. The standard InChI is InChI=1S/C14H12FN3O2S/c1-18(13-5-3-2-4-10(13)9-16)21(19,20)14-7-6-11(17)8-12(14)15/h2-8H,17H2,1H3. The van der Waals surface area contributed by atoms with Gasteiger partial charge in [0.1, 0.15) is 16.8 Å². The fraction of sp³-hybridized carbons (Fsp3) is 0.0714. The maximum absolute atomic E-state index is 13.9. The van der Waals surface area contributed by atoms with Gasteiger partial charge in [-0.2, -0.15) is 5.26 Å². The number of para-hydroxylation sites is 1. The zero-order chi connectivity index (χ0) is 15.6. The molecule has 0 radical (unpaired) electrons. The number of anilines is 2. The predicted molar refractivity (Wildman–Crippen MR) is 77.6 cm³/mol. The van der Waals surface area contributed by atoms with Crippen molar-refractivity contribution in [2.75, 3.05) is 17.1 Å². The van der Waals surface area contributed by atoms with E-state index in [1.165, 1.54) is 25.2 Å². The van der Waals surface area contributed by atoms with Crippen LogP contribution in [0.5, 0.6) is 0 Å². The van der Waals surface area contributed by atoms with Crippen LogP contribution in [0.2, 0.25) is 0 Å². The molecule has 7 heteroatoms. The zero-order valence-electron chi connectivity index (χ0n) is 11.1. The van der Waals surface area contributed by atoms with Gasteiger partial charge in [-0.3, -0.25) is 4.31 Å². The average Bonchev–Trinajstić information content (AvgIpc) is 2.46. The van der Waals surface area contributed by atoms with Crippen molar-refractivity contribution in [3.8, 4) is 6.07 Å². The minimum atomic E-state index is -4.12. The van der Waals surface area contributed by atoms with E-state index in [0.717, 1.165) is 16.4 Å². The van der Waals surface area contributed by atoms with Crippen molar-refractivity contribution >= 4 is 21.4 Å². The molecule has 0 unspecified atom stereocenters. The molecule has 0 spiro atoms. The molecule has 0 atom stereocenters. The molecule has 2 rings (SSSR count). The molecule has 0 aliphatic heterocycles. The van der Waals surface area contributed by atoms with Crippen molar-refractivity contribution < 1.29 is 12.8 Å². The zero-order valence-corrected chi connectivity index (χ0v) is 11.9. The molecule has 0 saturated carbocycles. The molecule has 0 fully saturated rings. The third-order valence-corrected chi connectivity index (χ3v) is 4.76. The van der Waals surface area contributed by atoms with E-state index in [0.29, 0.717) is 0 Å². The lowest BCUT2D eigenvalue weighted by molar-refractivity contribution is 0.566. The Kier molecular flexibility index (Phi) is 3.82. The molecule has 21 heavy (non-hydrogen) atoms. The van der Waals surface area contributed by atoms with Gasteiger partial charge in [0.25, 0.3) is 10.0 Å². The highest BCUT2D eigenvalue weighted by molar-refractivity contribution is 7.92. The second kappa shape index (κ2) is 5.42. The molecule has 0 amide bonds. The summed E-state index contributed by atoms with van der Waals surface area (Å²) in [5.41, 5.74) is 5.90. The number of nitrogens with zero attached hydrogens (tertiary/aromatic N) is 2. The Labute approximate surface area is 122 Å². The molecule has 0 aromatic heterocycles. The van der Waals surface area contributed by atoms with E-state index >= 15 is 0 Å². The fourth-order valence-electron chi connectivity index (χ4n) is 1.85. The van der Waals surface area contributed by atoms with Crippen molar-refractivity contribution in [3.05, 3.63) is 53.8 Å². The number of rotatable bonds is 3. The van der Waals surface area contributed by atoms with Crippen molar-refractivity contribution in [1.82, 2.24) is 0 Å². The molecule has 2 aromatic carbocycles. The van der Waals surface area contributed by atoms with E-state index in [4.69, 9.17) is 11.0 Å². The molecule has 0 heterocycles. The van der Waals surface area contributed by atoms with Crippen LogP contribution in [0.3, 0.4) is 0 Å². The topological polar surface area (TPSA) is 87.2 Å². The summed E-state index contributed by atoms with van der Waals surface area (Å²) in [6.45, 7) is 0. The number of benzene rings is 2. The molecule has 5 nitrogen and oxygen atoms in total. The maximum Gasteiger partial charge on any atom is 0.267 e. The Balaban J connectivity index is 2.56. The molecular weight excluding hydrogens is 293 g/mol. The second-order valence-electron chi connectivity index (χ2n) is 4.29. The van der Waals surface area contributed by atoms with Gasteiger partial charge >= 0.3 is 0 Å². The van der Waals surface area contributed by atoms with Crippen LogP contribution in [-0.2, 0) is 10.0 Å². The molecule has 0 aliphatic carbocycles.